The number of rotatable bonds is 5. The number of hydrogen-bond donors (Lipinski definition) is 0. The summed E-state index contributed by atoms with van der Waals surface area (Å²) in [5.41, 5.74) is 4.36. The summed E-state index contributed by atoms with van der Waals surface area (Å²) in [4.78, 5) is 36.2. The van der Waals surface area contributed by atoms with E-state index in [1.54, 1.807) is 29.8 Å². The molecule has 0 spiro atoms. The van der Waals surface area contributed by atoms with Crippen LogP contribution in [0.5, 0.6) is 0 Å². The monoisotopic (exact) mass is 430 g/mol. The number of benzene rings is 1. The Morgan fingerprint density at radius 1 is 1.06 bits per heavy atom. The molecule has 3 aromatic heterocycles. The summed E-state index contributed by atoms with van der Waals surface area (Å²) in [6, 6.07) is 9.72. The van der Waals surface area contributed by atoms with E-state index in [2.05, 4.69) is 36.8 Å². The number of aromatic nitrogens is 4. The number of carbonyl (C=O) groups is 1. The standard InChI is InChI=1S/C23H22N6OS/c1-28-6-8-29(9-7-28)23-11-16(4-5-25-23)20(30)12-22-26-13-18-3-2-17(10-19(18)27-22)21-14-24-15-31-21/h2-5,10-11,13-15H,6-9,12H2,1H3. The van der Waals surface area contributed by atoms with Gasteiger partial charge in [-0.15, -0.1) is 11.3 Å². The molecule has 1 aliphatic heterocycles. The summed E-state index contributed by atoms with van der Waals surface area (Å²) in [6.07, 6.45) is 5.50. The Labute approximate surface area is 184 Å². The Kier molecular flexibility index (Phi) is 5.40. The molecule has 4 aromatic rings. The topological polar surface area (TPSA) is 75.1 Å². The Hall–Kier alpha value is -3.23. The van der Waals surface area contributed by atoms with Crippen molar-refractivity contribution < 1.29 is 4.79 Å². The van der Waals surface area contributed by atoms with Crippen molar-refractivity contribution >= 4 is 33.8 Å². The van der Waals surface area contributed by atoms with Gasteiger partial charge in [0.25, 0.3) is 0 Å². The number of ketones is 1. The molecule has 1 saturated heterocycles. The van der Waals surface area contributed by atoms with E-state index in [-0.39, 0.29) is 12.2 Å². The van der Waals surface area contributed by atoms with E-state index in [4.69, 9.17) is 0 Å². The molecule has 0 saturated carbocycles. The van der Waals surface area contributed by atoms with Crippen LogP contribution in [0.3, 0.4) is 0 Å². The average Bonchev–Trinajstić information content (AvgIpc) is 3.34. The van der Waals surface area contributed by atoms with E-state index < -0.39 is 0 Å². The minimum atomic E-state index is -0.00395. The molecule has 1 aromatic carbocycles. The van der Waals surface area contributed by atoms with Crippen molar-refractivity contribution in [2.75, 3.05) is 38.1 Å². The van der Waals surface area contributed by atoms with Crippen LogP contribution in [0.2, 0.25) is 0 Å². The first kappa shape index (κ1) is 19.7. The molecule has 156 valence electrons. The van der Waals surface area contributed by atoms with Gasteiger partial charge in [0.1, 0.15) is 11.6 Å². The molecule has 0 bridgehead atoms. The molecule has 1 fully saturated rings. The number of piperazine rings is 1. The van der Waals surface area contributed by atoms with Gasteiger partial charge in [-0.1, -0.05) is 12.1 Å². The molecule has 7 nitrogen and oxygen atoms in total. The maximum atomic E-state index is 12.9. The zero-order valence-electron chi connectivity index (χ0n) is 17.2. The van der Waals surface area contributed by atoms with Crippen molar-refractivity contribution in [2.24, 2.45) is 0 Å². The molecule has 0 radical (unpaired) electrons. The zero-order chi connectivity index (χ0) is 21.2. The molecule has 8 heteroatoms. The fourth-order valence-corrected chi connectivity index (χ4v) is 4.32. The number of thiazole rings is 1. The van der Waals surface area contributed by atoms with E-state index in [1.165, 1.54) is 0 Å². The molecule has 4 heterocycles. The van der Waals surface area contributed by atoms with Gasteiger partial charge in [-0.2, -0.15) is 0 Å². The van der Waals surface area contributed by atoms with E-state index in [0.717, 1.165) is 53.3 Å². The summed E-state index contributed by atoms with van der Waals surface area (Å²) in [5, 5.41) is 0.950. The maximum absolute atomic E-state index is 12.9. The lowest BCUT2D eigenvalue weighted by Crippen LogP contribution is -2.44. The number of anilines is 1. The number of likely N-dealkylation sites (N-methyl/N-ethyl adjacent to an activating group) is 1. The second-order valence-corrected chi connectivity index (χ2v) is 8.60. The van der Waals surface area contributed by atoms with Crippen LogP contribution in [0.15, 0.2) is 54.4 Å². The second-order valence-electron chi connectivity index (χ2n) is 7.72. The second kappa shape index (κ2) is 8.49. The van der Waals surface area contributed by atoms with Gasteiger partial charge in [0.2, 0.25) is 0 Å². The lowest BCUT2D eigenvalue weighted by Gasteiger charge is -2.33. The molecule has 0 unspecified atom stereocenters. The van der Waals surface area contributed by atoms with E-state index in [9.17, 15) is 4.79 Å². The lowest BCUT2D eigenvalue weighted by atomic mass is 10.1. The maximum Gasteiger partial charge on any atom is 0.170 e. The highest BCUT2D eigenvalue weighted by Gasteiger charge is 2.17. The Morgan fingerprint density at radius 3 is 2.74 bits per heavy atom. The van der Waals surface area contributed by atoms with Crippen molar-refractivity contribution in [1.82, 2.24) is 24.8 Å². The summed E-state index contributed by atoms with van der Waals surface area (Å²) in [6.45, 7) is 3.82. The highest BCUT2D eigenvalue weighted by atomic mass is 32.1. The summed E-state index contributed by atoms with van der Waals surface area (Å²) in [5.74, 6) is 1.38. The van der Waals surface area contributed by atoms with Crippen molar-refractivity contribution in [3.63, 3.8) is 0 Å². The molecular weight excluding hydrogens is 408 g/mol. The number of hydrogen-bond acceptors (Lipinski definition) is 8. The zero-order valence-corrected chi connectivity index (χ0v) is 18.0. The van der Waals surface area contributed by atoms with Gasteiger partial charge in [0, 0.05) is 55.7 Å². The van der Waals surface area contributed by atoms with Crippen LogP contribution < -0.4 is 4.90 Å². The smallest absolute Gasteiger partial charge is 0.170 e. The van der Waals surface area contributed by atoms with E-state index in [1.807, 2.05) is 36.0 Å². The van der Waals surface area contributed by atoms with Crippen LogP contribution >= 0.6 is 11.3 Å². The molecule has 5 rings (SSSR count). The van der Waals surface area contributed by atoms with Crippen molar-refractivity contribution in [3.8, 4) is 10.4 Å². The largest absolute Gasteiger partial charge is 0.354 e. The molecule has 0 N–H and O–H groups in total. The SMILES string of the molecule is CN1CCN(c2cc(C(=O)Cc3ncc4ccc(-c5cncs5)cc4n3)ccn2)CC1. The van der Waals surface area contributed by atoms with Crippen LogP contribution in [0.1, 0.15) is 16.2 Å². The van der Waals surface area contributed by atoms with Gasteiger partial charge in [0.15, 0.2) is 5.78 Å². The first-order chi connectivity index (χ1) is 15.2. The number of pyridine rings is 1. The average molecular weight is 431 g/mol. The fraction of sp³-hybridized carbons (Fsp3) is 0.261. The quantitative estimate of drug-likeness (QED) is 0.450. The highest BCUT2D eigenvalue weighted by molar-refractivity contribution is 7.13. The lowest BCUT2D eigenvalue weighted by molar-refractivity contribution is 0.0991. The molecule has 0 atom stereocenters. The van der Waals surface area contributed by atoms with Gasteiger partial charge >= 0.3 is 0 Å². The number of Topliss-reactive ketones (excluding diaryl/α,β-unsaturated/α-hetero) is 1. The van der Waals surface area contributed by atoms with Gasteiger partial charge in [-0.3, -0.25) is 9.78 Å². The van der Waals surface area contributed by atoms with Gasteiger partial charge < -0.3 is 9.80 Å². The third-order valence-corrected chi connectivity index (χ3v) is 6.39. The summed E-state index contributed by atoms with van der Waals surface area (Å²) in [7, 11) is 2.12. The van der Waals surface area contributed by atoms with Crippen molar-refractivity contribution in [3.05, 3.63) is 65.8 Å². The van der Waals surface area contributed by atoms with Crippen LogP contribution in [0, 0.1) is 0 Å². The number of nitrogens with zero attached hydrogens (tertiary/aromatic N) is 6. The van der Waals surface area contributed by atoms with Gasteiger partial charge in [-0.05, 0) is 30.8 Å². The van der Waals surface area contributed by atoms with Crippen molar-refractivity contribution in [2.45, 2.75) is 6.42 Å². The number of carbonyl (C=O) groups excluding carboxylic acids is 1. The molecule has 0 amide bonds. The normalized spacial score (nSPS) is 14.8. The van der Waals surface area contributed by atoms with E-state index >= 15 is 0 Å². The van der Waals surface area contributed by atoms with Crippen LogP contribution in [0.4, 0.5) is 5.82 Å². The molecule has 1 aliphatic rings. The minimum Gasteiger partial charge on any atom is -0.354 e. The summed E-state index contributed by atoms with van der Waals surface area (Å²) < 4.78 is 0. The third-order valence-electron chi connectivity index (χ3n) is 5.56. The van der Waals surface area contributed by atoms with Gasteiger partial charge in [-0.25, -0.2) is 15.0 Å². The van der Waals surface area contributed by atoms with Gasteiger partial charge in [0.05, 0.1) is 22.3 Å². The Morgan fingerprint density at radius 2 is 1.94 bits per heavy atom. The van der Waals surface area contributed by atoms with Crippen LogP contribution in [0.25, 0.3) is 21.3 Å². The van der Waals surface area contributed by atoms with Crippen LogP contribution in [-0.4, -0.2) is 63.8 Å². The van der Waals surface area contributed by atoms with Crippen LogP contribution in [-0.2, 0) is 6.42 Å². The predicted octanol–water partition coefficient (Wildman–Crippen LogP) is 3.33. The predicted molar refractivity (Wildman–Crippen MR) is 123 cm³/mol. The van der Waals surface area contributed by atoms with Crippen molar-refractivity contribution in [1.29, 1.82) is 0 Å². The molecular formula is C23H22N6OS. The first-order valence-electron chi connectivity index (χ1n) is 10.2. The minimum absolute atomic E-state index is 0.00395. The summed E-state index contributed by atoms with van der Waals surface area (Å²) >= 11 is 1.59. The first-order valence-corrected chi connectivity index (χ1v) is 11.1. The number of fused-ring (bicyclic) bond motifs is 1. The fourth-order valence-electron chi connectivity index (χ4n) is 3.70. The molecule has 31 heavy (non-hydrogen) atoms. The Balaban J connectivity index is 1.35. The Bertz CT molecular complexity index is 1220. The highest BCUT2D eigenvalue weighted by Crippen LogP contribution is 2.26. The third kappa shape index (κ3) is 4.30. The molecule has 0 aliphatic carbocycles. The van der Waals surface area contributed by atoms with E-state index in [0.29, 0.717) is 11.4 Å².